The molecule has 12 rings (SSSR count). The number of fused-ring (bicyclic) bond motifs is 10. The Kier molecular flexibility index (Phi) is 5.25. The Balaban J connectivity index is 1.13. The lowest BCUT2D eigenvalue weighted by Crippen LogP contribution is -2.14. The maximum absolute atomic E-state index is 2.52. The first-order valence-corrected chi connectivity index (χ1v) is 18.7. The van der Waals surface area contributed by atoms with E-state index in [-0.39, 0.29) is 5.41 Å². The second-order valence-corrected chi connectivity index (χ2v) is 15.9. The van der Waals surface area contributed by atoms with Gasteiger partial charge in [0.25, 0.3) is 0 Å². The number of rotatable bonds is 2. The Morgan fingerprint density at radius 3 is 2.12 bits per heavy atom. The fourth-order valence-electron chi connectivity index (χ4n) is 9.54. The van der Waals surface area contributed by atoms with Crippen LogP contribution >= 0.6 is 11.3 Å². The highest BCUT2D eigenvalue weighted by Crippen LogP contribution is 2.50. The first-order valence-electron chi connectivity index (χ1n) is 17.8. The second-order valence-electron chi connectivity index (χ2n) is 14.9. The lowest BCUT2D eigenvalue weighted by atomic mass is 9.81. The molecule has 0 saturated heterocycles. The largest absolute Gasteiger partial charge is 0.309 e. The zero-order valence-electron chi connectivity index (χ0n) is 28.3. The van der Waals surface area contributed by atoms with Gasteiger partial charge in [-0.3, -0.25) is 0 Å². The van der Waals surface area contributed by atoms with Crippen molar-refractivity contribution in [1.82, 2.24) is 4.57 Å². The van der Waals surface area contributed by atoms with Crippen molar-refractivity contribution in [2.24, 2.45) is 0 Å². The van der Waals surface area contributed by atoms with Crippen molar-refractivity contribution in [3.05, 3.63) is 163 Å². The van der Waals surface area contributed by atoms with E-state index >= 15 is 0 Å². The monoisotopic (exact) mass is 665 g/mol. The van der Waals surface area contributed by atoms with Crippen molar-refractivity contribution in [1.29, 1.82) is 0 Å². The molecular weight excluding hydrogens is 635 g/mol. The van der Waals surface area contributed by atoms with Crippen LogP contribution in [0.3, 0.4) is 0 Å². The van der Waals surface area contributed by atoms with Crippen molar-refractivity contribution >= 4 is 85.6 Å². The first kappa shape index (κ1) is 27.8. The van der Waals surface area contributed by atoms with Gasteiger partial charge < -0.3 is 4.57 Å². The summed E-state index contributed by atoms with van der Waals surface area (Å²) in [6, 6.07) is 57.3. The Labute approximate surface area is 299 Å². The molecule has 2 heteroatoms. The summed E-state index contributed by atoms with van der Waals surface area (Å²) in [5.74, 6) is 0. The third-order valence-corrected chi connectivity index (χ3v) is 13.1. The van der Waals surface area contributed by atoms with Crippen LogP contribution < -0.4 is 0 Å². The topological polar surface area (TPSA) is 4.93 Å². The third kappa shape index (κ3) is 3.55. The summed E-state index contributed by atoms with van der Waals surface area (Å²) in [7, 11) is 0. The molecule has 0 atom stereocenters. The second kappa shape index (κ2) is 9.63. The van der Waals surface area contributed by atoms with Gasteiger partial charge in [-0.1, -0.05) is 123 Å². The molecule has 0 radical (unpaired) electrons. The molecule has 51 heavy (non-hydrogen) atoms. The molecular formula is C49H31NS. The summed E-state index contributed by atoms with van der Waals surface area (Å²) < 4.78 is 5.24. The van der Waals surface area contributed by atoms with Crippen molar-refractivity contribution in [2.75, 3.05) is 0 Å². The SMILES string of the molecule is CC1(C)c2ccccc2-c2ccc(-c3ccc4c(c3)c3ccccc3n4-c3cc4cc5c6ccccc6sc5c5ccc6cccc3c6c45)cc21. The maximum Gasteiger partial charge on any atom is 0.0547 e. The molecule has 2 heterocycles. The molecule has 0 spiro atoms. The molecule has 11 aromatic rings. The van der Waals surface area contributed by atoms with Crippen LogP contribution in [0.4, 0.5) is 0 Å². The van der Waals surface area contributed by atoms with Crippen LogP contribution in [-0.2, 0) is 5.41 Å². The molecule has 1 aliphatic rings. The minimum Gasteiger partial charge on any atom is -0.309 e. The molecule has 1 nitrogen and oxygen atoms in total. The number of para-hydroxylation sites is 1. The zero-order valence-corrected chi connectivity index (χ0v) is 29.1. The van der Waals surface area contributed by atoms with Gasteiger partial charge in [-0.15, -0.1) is 11.3 Å². The summed E-state index contributed by atoms with van der Waals surface area (Å²) in [6.45, 7) is 4.72. The van der Waals surface area contributed by atoms with E-state index in [0.29, 0.717) is 0 Å². The number of benzene rings is 9. The van der Waals surface area contributed by atoms with E-state index in [0.717, 1.165) is 0 Å². The van der Waals surface area contributed by atoms with Gasteiger partial charge in [-0.2, -0.15) is 0 Å². The summed E-state index contributed by atoms with van der Waals surface area (Å²) in [6.07, 6.45) is 0. The van der Waals surface area contributed by atoms with E-state index in [1.807, 2.05) is 11.3 Å². The van der Waals surface area contributed by atoms with Gasteiger partial charge in [-0.25, -0.2) is 0 Å². The predicted molar refractivity (Wildman–Crippen MR) is 220 cm³/mol. The van der Waals surface area contributed by atoms with Gasteiger partial charge in [0.1, 0.15) is 0 Å². The van der Waals surface area contributed by atoms with Crippen molar-refractivity contribution in [3.8, 4) is 27.9 Å². The van der Waals surface area contributed by atoms with Crippen LogP contribution in [0.1, 0.15) is 25.0 Å². The predicted octanol–water partition coefficient (Wildman–Crippen LogP) is 14.0. The Morgan fingerprint density at radius 2 is 1.18 bits per heavy atom. The fourth-order valence-corrected chi connectivity index (χ4v) is 10.8. The molecule has 238 valence electrons. The summed E-state index contributed by atoms with van der Waals surface area (Å²) >= 11 is 1.92. The van der Waals surface area contributed by atoms with E-state index < -0.39 is 0 Å². The van der Waals surface area contributed by atoms with E-state index in [1.165, 1.54) is 113 Å². The quantitative estimate of drug-likeness (QED) is 0.162. The molecule has 0 N–H and O–H groups in total. The Hall–Kier alpha value is -5.96. The van der Waals surface area contributed by atoms with E-state index in [4.69, 9.17) is 0 Å². The van der Waals surface area contributed by atoms with Crippen LogP contribution in [0.15, 0.2) is 152 Å². The van der Waals surface area contributed by atoms with Crippen molar-refractivity contribution in [2.45, 2.75) is 19.3 Å². The molecule has 1 aliphatic carbocycles. The van der Waals surface area contributed by atoms with Crippen LogP contribution in [0.2, 0.25) is 0 Å². The minimum atomic E-state index is -0.0312. The highest BCUT2D eigenvalue weighted by atomic mass is 32.1. The molecule has 0 bridgehead atoms. The van der Waals surface area contributed by atoms with Gasteiger partial charge in [-0.05, 0) is 97.4 Å². The number of nitrogens with zero attached hydrogens (tertiary/aromatic N) is 1. The maximum atomic E-state index is 2.52. The van der Waals surface area contributed by atoms with E-state index in [1.54, 1.807) is 0 Å². The van der Waals surface area contributed by atoms with E-state index in [9.17, 15) is 0 Å². The van der Waals surface area contributed by atoms with E-state index in [2.05, 4.69) is 170 Å². The van der Waals surface area contributed by atoms with Gasteiger partial charge in [0.15, 0.2) is 0 Å². The Morgan fingerprint density at radius 1 is 0.451 bits per heavy atom. The standard InChI is InChI=1S/C49H31NS/c1-49(2)40-15-6-3-11-32(40)33-21-19-30(26-41(33)49)29-20-23-43-38(24-29)34-12-4-7-16-42(34)50(43)44-27-31-25-39-35-13-5-8-17-45(35)51-48(39)37-22-18-28-10-9-14-36(44)46(28)47(31)37/h3-27H,1-2H3. The average Bonchev–Trinajstić information content (AvgIpc) is 3.79. The summed E-state index contributed by atoms with van der Waals surface area (Å²) in [5, 5.41) is 13.2. The lowest BCUT2D eigenvalue weighted by Gasteiger charge is -2.22. The number of hydrogen-bond acceptors (Lipinski definition) is 1. The van der Waals surface area contributed by atoms with Crippen LogP contribution in [0.25, 0.3) is 102 Å². The van der Waals surface area contributed by atoms with Gasteiger partial charge >= 0.3 is 0 Å². The molecule has 0 aliphatic heterocycles. The summed E-state index contributed by atoms with van der Waals surface area (Å²) in [4.78, 5) is 0. The molecule has 2 aromatic heterocycles. The van der Waals surface area contributed by atoms with Crippen LogP contribution in [-0.4, -0.2) is 4.57 Å². The molecule has 0 unspecified atom stereocenters. The zero-order chi connectivity index (χ0) is 33.6. The fraction of sp³-hybridized carbons (Fsp3) is 0.0612. The average molecular weight is 666 g/mol. The molecule has 9 aromatic carbocycles. The normalized spacial score (nSPS) is 13.8. The summed E-state index contributed by atoms with van der Waals surface area (Å²) in [5.41, 5.74) is 11.7. The number of thiophene rings is 1. The Bertz CT molecular complexity index is 3280. The molecule has 0 fully saturated rings. The van der Waals surface area contributed by atoms with Crippen LogP contribution in [0.5, 0.6) is 0 Å². The third-order valence-electron chi connectivity index (χ3n) is 11.9. The van der Waals surface area contributed by atoms with Crippen LogP contribution in [0, 0.1) is 0 Å². The number of hydrogen-bond donors (Lipinski definition) is 0. The highest BCUT2D eigenvalue weighted by Gasteiger charge is 2.35. The van der Waals surface area contributed by atoms with Crippen molar-refractivity contribution < 1.29 is 0 Å². The lowest BCUT2D eigenvalue weighted by molar-refractivity contribution is 0.660. The van der Waals surface area contributed by atoms with Crippen molar-refractivity contribution in [3.63, 3.8) is 0 Å². The first-order chi connectivity index (χ1) is 25.0. The minimum absolute atomic E-state index is 0.0312. The van der Waals surface area contributed by atoms with Gasteiger partial charge in [0.05, 0.1) is 16.7 Å². The number of aromatic nitrogens is 1. The molecule has 0 amide bonds. The van der Waals surface area contributed by atoms with Gasteiger partial charge in [0, 0.05) is 47.1 Å². The highest BCUT2D eigenvalue weighted by molar-refractivity contribution is 7.26. The molecule has 0 saturated carbocycles. The van der Waals surface area contributed by atoms with Gasteiger partial charge in [0.2, 0.25) is 0 Å². The smallest absolute Gasteiger partial charge is 0.0547 e.